The summed E-state index contributed by atoms with van der Waals surface area (Å²) in [5, 5.41) is 0. The Morgan fingerprint density at radius 3 is 2.63 bits per heavy atom. The summed E-state index contributed by atoms with van der Waals surface area (Å²) in [6.45, 7) is 6.81. The van der Waals surface area contributed by atoms with E-state index in [2.05, 4.69) is 31.0 Å². The van der Waals surface area contributed by atoms with E-state index in [9.17, 15) is 0 Å². The quantitative estimate of drug-likeness (QED) is 0.737. The summed E-state index contributed by atoms with van der Waals surface area (Å²) in [7, 11) is 0. The maximum absolute atomic E-state index is 5.58. The van der Waals surface area contributed by atoms with E-state index in [1.54, 1.807) is 0 Å². The molecule has 0 atom stereocenters. The summed E-state index contributed by atoms with van der Waals surface area (Å²) in [5.74, 6) is 0.874. The molecule has 2 aromatic rings. The van der Waals surface area contributed by atoms with Crippen molar-refractivity contribution in [3.8, 4) is 5.75 Å². The third-order valence-electron chi connectivity index (χ3n) is 2.91. The molecule has 0 fully saturated rings. The van der Waals surface area contributed by atoms with Crippen molar-refractivity contribution in [1.82, 2.24) is 0 Å². The lowest BCUT2D eigenvalue weighted by Gasteiger charge is -2.06. The van der Waals surface area contributed by atoms with Gasteiger partial charge in [0.2, 0.25) is 0 Å². The molecule has 0 aliphatic carbocycles. The van der Waals surface area contributed by atoms with Crippen LogP contribution in [0.2, 0.25) is 0 Å². The lowest BCUT2D eigenvalue weighted by Crippen LogP contribution is -1.95. The van der Waals surface area contributed by atoms with Gasteiger partial charge in [0.1, 0.15) is 5.75 Å². The van der Waals surface area contributed by atoms with E-state index in [0.717, 1.165) is 17.0 Å². The Morgan fingerprint density at radius 1 is 1.11 bits per heavy atom. The van der Waals surface area contributed by atoms with Crippen molar-refractivity contribution in [2.24, 2.45) is 4.99 Å². The molecule has 2 aromatic carbocycles. The van der Waals surface area contributed by atoms with E-state index in [4.69, 9.17) is 4.74 Å². The van der Waals surface area contributed by atoms with Crippen molar-refractivity contribution in [3.05, 3.63) is 59.2 Å². The second kappa shape index (κ2) is 6.19. The summed E-state index contributed by atoms with van der Waals surface area (Å²) in [6, 6.07) is 14.2. The Kier molecular flexibility index (Phi) is 4.35. The molecule has 0 amide bonds. The van der Waals surface area contributed by atoms with E-state index >= 15 is 0 Å². The van der Waals surface area contributed by atoms with Crippen molar-refractivity contribution in [3.63, 3.8) is 0 Å². The summed E-state index contributed by atoms with van der Waals surface area (Å²) in [5.41, 5.74) is 4.44. The van der Waals surface area contributed by atoms with Crippen LogP contribution < -0.4 is 4.74 Å². The summed E-state index contributed by atoms with van der Waals surface area (Å²) in [4.78, 5) is 4.56. The fourth-order valence-corrected chi connectivity index (χ4v) is 1.96. The Balaban J connectivity index is 2.27. The number of nitrogens with zero attached hydrogens (tertiary/aromatic N) is 1. The lowest BCUT2D eigenvalue weighted by atomic mass is 10.1. The zero-order valence-corrected chi connectivity index (χ0v) is 11.7. The molecule has 0 aliphatic rings. The molecule has 0 spiro atoms. The van der Waals surface area contributed by atoms with Gasteiger partial charge in [-0.15, -0.1) is 0 Å². The lowest BCUT2D eigenvalue weighted by molar-refractivity contribution is 0.340. The van der Waals surface area contributed by atoms with Crippen LogP contribution in [0, 0.1) is 13.8 Å². The van der Waals surface area contributed by atoms with Gasteiger partial charge in [-0.2, -0.15) is 0 Å². The zero-order valence-electron chi connectivity index (χ0n) is 11.7. The van der Waals surface area contributed by atoms with Crippen LogP contribution in [0.4, 0.5) is 5.69 Å². The molecule has 2 nitrogen and oxygen atoms in total. The van der Waals surface area contributed by atoms with E-state index < -0.39 is 0 Å². The molecular weight excluding hydrogens is 234 g/mol. The second-order valence-electron chi connectivity index (χ2n) is 4.52. The molecule has 98 valence electrons. The van der Waals surface area contributed by atoms with Crippen molar-refractivity contribution < 1.29 is 4.74 Å². The van der Waals surface area contributed by atoms with Crippen LogP contribution in [-0.4, -0.2) is 12.8 Å². The summed E-state index contributed by atoms with van der Waals surface area (Å²) < 4.78 is 5.58. The number of aliphatic imine (C=N–C) groups is 1. The second-order valence-corrected chi connectivity index (χ2v) is 4.52. The van der Waals surface area contributed by atoms with Crippen molar-refractivity contribution in [2.45, 2.75) is 20.8 Å². The van der Waals surface area contributed by atoms with Crippen LogP contribution in [0.5, 0.6) is 5.75 Å². The van der Waals surface area contributed by atoms with Crippen LogP contribution in [0.1, 0.15) is 23.6 Å². The Morgan fingerprint density at radius 2 is 1.89 bits per heavy atom. The molecule has 0 bridgehead atoms. The van der Waals surface area contributed by atoms with Gasteiger partial charge < -0.3 is 4.74 Å². The number of benzene rings is 2. The highest BCUT2D eigenvalue weighted by Crippen LogP contribution is 2.21. The van der Waals surface area contributed by atoms with Gasteiger partial charge in [0.25, 0.3) is 0 Å². The van der Waals surface area contributed by atoms with E-state index in [1.807, 2.05) is 43.5 Å². The van der Waals surface area contributed by atoms with Crippen molar-refractivity contribution >= 4 is 11.9 Å². The third-order valence-corrected chi connectivity index (χ3v) is 2.91. The monoisotopic (exact) mass is 253 g/mol. The molecule has 0 unspecified atom stereocenters. The van der Waals surface area contributed by atoms with Crippen LogP contribution in [0.25, 0.3) is 0 Å². The predicted octanol–water partition coefficient (Wildman–Crippen LogP) is 4.45. The van der Waals surface area contributed by atoms with E-state index in [1.165, 1.54) is 11.1 Å². The molecule has 0 aliphatic heterocycles. The zero-order chi connectivity index (χ0) is 13.7. The summed E-state index contributed by atoms with van der Waals surface area (Å²) in [6.07, 6.45) is 1.86. The minimum Gasteiger partial charge on any atom is -0.493 e. The maximum atomic E-state index is 5.58. The fraction of sp³-hybridized carbons (Fsp3) is 0.235. The normalized spacial score (nSPS) is 10.9. The summed E-state index contributed by atoms with van der Waals surface area (Å²) >= 11 is 0. The molecule has 0 heterocycles. The molecular formula is C17H19NO. The number of para-hydroxylation sites is 1. The SMILES string of the molecule is CCOc1ccccc1C=Nc1ccc(C)cc1C. The first kappa shape index (κ1) is 13.3. The largest absolute Gasteiger partial charge is 0.493 e. The molecule has 0 saturated carbocycles. The van der Waals surface area contributed by atoms with Gasteiger partial charge in [-0.05, 0) is 44.5 Å². The minimum atomic E-state index is 0.661. The van der Waals surface area contributed by atoms with Gasteiger partial charge in [0.15, 0.2) is 0 Å². The molecule has 0 aromatic heterocycles. The predicted molar refractivity (Wildman–Crippen MR) is 80.8 cm³/mol. The van der Waals surface area contributed by atoms with Gasteiger partial charge in [-0.1, -0.05) is 29.8 Å². The van der Waals surface area contributed by atoms with Crippen LogP contribution in [-0.2, 0) is 0 Å². The van der Waals surface area contributed by atoms with Crippen LogP contribution >= 0.6 is 0 Å². The van der Waals surface area contributed by atoms with Gasteiger partial charge in [-0.25, -0.2) is 0 Å². The van der Waals surface area contributed by atoms with Gasteiger partial charge in [-0.3, -0.25) is 4.99 Å². The van der Waals surface area contributed by atoms with Gasteiger partial charge >= 0.3 is 0 Å². The average Bonchev–Trinajstić information content (AvgIpc) is 2.40. The molecule has 0 saturated heterocycles. The first-order chi connectivity index (χ1) is 9.20. The topological polar surface area (TPSA) is 21.6 Å². The first-order valence-corrected chi connectivity index (χ1v) is 6.54. The minimum absolute atomic E-state index is 0.661. The number of aryl methyl sites for hydroxylation is 2. The number of hydrogen-bond acceptors (Lipinski definition) is 2. The number of rotatable bonds is 4. The molecule has 0 N–H and O–H groups in total. The Labute approximate surface area is 114 Å². The van der Waals surface area contributed by atoms with Crippen molar-refractivity contribution in [2.75, 3.05) is 6.61 Å². The molecule has 0 radical (unpaired) electrons. The number of ether oxygens (including phenoxy) is 1. The molecule has 19 heavy (non-hydrogen) atoms. The van der Waals surface area contributed by atoms with Crippen molar-refractivity contribution in [1.29, 1.82) is 0 Å². The maximum Gasteiger partial charge on any atom is 0.128 e. The van der Waals surface area contributed by atoms with E-state index in [0.29, 0.717) is 6.61 Å². The fourth-order valence-electron chi connectivity index (χ4n) is 1.96. The highest BCUT2D eigenvalue weighted by atomic mass is 16.5. The van der Waals surface area contributed by atoms with Crippen LogP contribution in [0.15, 0.2) is 47.5 Å². The highest BCUT2D eigenvalue weighted by molar-refractivity contribution is 5.85. The molecule has 2 heteroatoms. The van der Waals surface area contributed by atoms with Gasteiger partial charge in [0, 0.05) is 11.8 Å². The smallest absolute Gasteiger partial charge is 0.128 e. The number of hydrogen-bond donors (Lipinski definition) is 0. The standard InChI is InChI=1S/C17H19NO/c1-4-19-17-8-6-5-7-15(17)12-18-16-10-9-13(2)11-14(16)3/h5-12H,4H2,1-3H3. The Bertz CT molecular complexity index is 588. The molecule has 2 rings (SSSR count). The van der Waals surface area contributed by atoms with Gasteiger partial charge in [0.05, 0.1) is 12.3 Å². The first-order valence-electron chi connectivity index (χ1n) is 6.54. The van der Waals surface area contributed by atoms with E-state index in [-0.39, 0.29) is 0 Å². The van der Waals surface area contributed by atoms with Crippen LogP contribution in [0.3, 0.4) is 0 Å². The highest BCUT2D eigenvalue weighted by Gasteiger charge is 2.00. The third kappa shape index (κ3) is 3.44. The Hall–Kier alpha value is -2.09. The average molecular weight is 253 g/mol.